The minimum atomic E-state index is -1.14. The third-order valence-corrected chi connectivity index (χ3v) is 4.97. The van der Waals surface area contributed by atoms with Gasteiger partial charge in [0, 0.05) is 34.4 Å². The molecule has 1 heterocycles. The molecule has 5 nitrogen and oxygen atoms in total. The lowest BCUT2D eigenvalue weighted by Gasteiger charge is -2.26. The van der Waals surface area contributed by atoms with Crippen LogP contribution >= 0.6 is 0 Å². The molecular weight excluding hydrogens is 282 g/mol. The molecule has 0 bridgehead atoms. The molecule has 0 aromatic heterocycles. The highest BCUT2D eigenvalue weighted by Crippen LogP contribution is 2.30. The number of benzene rings is 1. The Morgan fingerprint density at radius 1 is 1.26 bits per heavy atom. The Labute approximate surface area is 117 Å². The van der Waals surface area contributed by atoms with Crippen molar-refractivity contribution in [2.75, 3.05) is 19.1 Å². The molecule has 0 amide bonds. The van der Waals surface area contributed by atoms with Crippen molar-refractivity contribution in [1.82, 2.24) is 5.32 Å². The molecule has 1 aromatic rings. The van der Waals surface area contributed by atoms with Gasteiger partial charge in [0.05, 0.1) is 27.6 Å². The number of nitrogens with two attached hydrogens (primary N) is 1. The summed E-state index contributed by atoms with van der Waals surface area (Å²) in [5.74, 6) is 0.376. The summed E-state index contributed by atoms with van der Waals surface area (Å²) in [5, 5.41) is 3.08. The van der Waals surface area contributed by atoms with E-state index in [0.717, 1.165) is 12.0 Å². The van der Waals surface area contributed by atoms with Gasteiger partial charge in [0.2, 0.25) is 0 Å². The Hall–Kier alpha value is -1.21. The highest BCUT2D eigenvalue weighted by molar-refractivity contribution is 7.85. The standard InChI is InChI=1S/C12H17N3O2S2/c1-18(16)9-4-3-5-10(19(2)17)11(9)8-6-7-14-12(13)15-8/h3-5,8H,6-7H2,1-2H3,(H3,13,14,15). The van der Waals surface area contributed by atoms with Crippen molar-refractivity contribution in [2.45, 2.75) is 22.3 Å². The third-order valence-electron chi connectivity index (χ3n) is 3.02. The first kappa shape index (κ1) is 14.2. The summed E-state index contributed by atoms with van der Waals surface area (Å²) in [5.41, 5.74) is 6.54. The van der Waals surface area contributed by atoms with Crippen LogP contribution in [0, 0.1) is 0 Å². The van der Waals surface area contributed by atoms with Crippen LogP contribution in [-0.4, -0.2) is 33.4 Å². The number of nitrogens with one attached hydrogen (secondary N) is 1. The quantitative estimate of drug-likeness (QED) is 0.852. The summed E-state index contributed by atoms with van der Waals surface area (Å²) in [7, 11) is -2.27. The van der Waals surface area contributed by atoms with Crippen LogP contribution in [0.25, 0.3) is 0 Å². The second-order valence-corrected chi connectivity index (χ2v) is 7.02. The molecule has 104 valence electrons. The molecule has 2 rings (SSSR count). The van der Waals surface area contributed by atoms with Gasteiger partial charge in [-0.3, -0.25) is 13.4 Å². The molecule has 0 aliphatic carbocycles. The van der Waals surface area contributed by atoms with Gasteiger partial charge in [0.15, 0.2) is 5.96 Å². The van der Waals surface area contributed by atoms with Crippen LogP contribution in [0.3, 0.4) is 0 Å². The zero-order valence-corrected chi connectivity index (χ0v) is 12.5. The average molecular weight is 299 g/mol. The molecule has 0 radical (unpaired) electrons. The highest BCUT2D eigenvalue weighted by atomic mass is 32.2. The van der Waals surface area contributed by atoms with Gasteiger partial charge in [0.1, 0.15) is 0 Å². The minimum absolute atomic E-state index is 0.0866. The van der Waals surface area contributed by atoms with Crippen molar-refractivity contribution in [3.63, 3.8) is 0 Å². The van der Waals surface area contributed by atoms with Crippen LogP contribution in [0.5, 0.6) is 0 Å². The van der Waals surface area contributed by atoms with E-state index < -0.39 is 21.6 Å². The Kier molecular flexibility index (Phi) is 4.36. The highest BCUT2D eigenvalue weighted by Gasteiger charge is 2.24. The Bertz CT molecular complexity index is 540. The molecule has 1 aliphatic heterocycles. The van der Waals surface area contributed by atoms with Crippen molar-refractivity contribution in [3.05, 3.63) is 23.8 Å². The van der Waals surface area contributed by atoms with Crippen molar-refractivity contribution in [3.8, 4) is 0 Å². The van der Waals surface area contributed by atoms with E-state index in [4.69, 9.17) is 5.73 Å². The fraction of sp³-hybridized carbons (Fsp3) is 0.417. The van der Waals surface area contributed by atoms with Crippen LogP contribution in [0.1, 0.15) is 18.0 Å². The second-order valence-electron chi connectivity index (χ2n) is 4.33. The van der Waals surface area contributed by atoms with Gasteiger partial charge < -0.3 is 11.1 Å². The van der Waals surface area contributed by atoms with Gasteiger partial charge in [-0.05, 0) is 18.6 Å². The largest absolute Gasteiger partial charge is 0.370 e. The molecule has 3 unspecified atom stereocenters. The first-order valence-electron chi connectivity index (χ1n) is 5.87. The fourth-order valence-electron chi connectivity index (χ4n) is 2.20. The maximum atomic E-state index is 11.9. The molecule has 19 heavy (non-hydrogen) atoms. The van der Waals surface area contributed by atoms with Crippen LogP contribution in [0.15, 0.2) is 33.0 Å². The van der Waals surface area contributed by atoms with Crippen molar-refractivity contribution >= 4 is 27.6 Å². The minimum Gasteiger partial charge on any atom is -0.370 e. The van der Waals surface area contributed by atoms with E-state index >= 15 is 0 Å². The number of hydrogen-bond donors (Lipinski definition) is 2. The van der Waals surface area contributed by atoms with Gasteiger partial charge >= 0.3 is 0 Å². The molecule has 3 atom stereocenters. The van der Waals surface area contributed by atoms with Crippen molar-refractivity contribution < 1.29 is 8.42 Å². The molecule has 0 fully saturated rings. The SMILES string of the molecule is CS(=O)c1cccc(S(C)=O)c1C1CCN=C(N)N1. The molecule has 7 heteroatoms. The fourth-order valence-corrected chi connectivity index (χ4v) is 3.92. The van der Waals surface area contributed by atoms with E-state index in [0.29, 0.717) is 22.3 Å². The third kappa shape index (κ3) is 3.03. The maximum absolute atomic E-state index is 11.9. The van der Waals surface area contributed by atoms with Crippen LogP contribution in [-0.2, 0) is 21.6 Å². The maximum Gasteiger partial charge on any atom is 0.189 e. The lowest BCUT2D eigenvalue weighted by atomic mass is 10.0. The van der Waals surface area contributed by atoms with Gasteiger partial charge in [-0.1, -0.05) is 6.07 Å². The second kappa shape index (κ2) is 5.83. The zero-order chi connectivity index (χ0) is 14.0. The van der Waals surface area contributed by atoms with Crippen LogP contribution in [0.2, 0.25) is 0 Å². The summed E-state index contributed by atoms with van der Waals surface area (Å²) in [6, 6.07) is 5.32. The number of nitrogens with zero attached hydrogens (tertiary/aromatic N) is 1. The topological polar surface area (TPSA) is 84.5 Å². The van der Waals surface area contributed by atoms with E-state index in [1.807, 2.05) is 12.1 Å². The summed E-state index contributed by atoms with van der Waals surface area (Å²) < 4.78 is 23.8. The predicted molar refractivity (Wildman–Crippen MR) is 78.1 cm³/mol. The number of rotatable bonds is 3. The Balaban J connectivity index is 2.55. The van der Waals surface area contributed by atoms with Gasteiger partial charge in [-0.15, -0.1) is 0 Å². The van der Waals surface area contributed by atoms with E-state index in [1.54, 1.807) is 18.6 Å². The normalized spacial score (nSPS) is 22.2. The Morgan fingerprint density at radius 2 is 1.84 bits per heavy atom. The van der Waals surface area contributed by atoms with Crippen molar-refractivity contribution in [2.24, 2.45) is 10.7 Å². The lowest BCUT2D eigenvalue weighted by Crippen LogP contribution is -2.39. The van der Waals surface area contributed by atoms with Crippen LogP contribution < -0.4 is 11.1 Å². The van der Waals surface area contributed by atoms with E-state index in [9.17, 15) is 8.42 Å². The monoisotopic (exact) mass is 299 g/mol. The summed E-state index contributed by atoms with van der Waals surface area (Å²) in [6.07, 6.45) is 4.00. The van der Waals surface area contributed by atoms with E-state index in [1.165, 1.54) is 0 Å². The number of guanidine groups is 1. The first-order valence-corrected chi connectivity index (χ1v) is 8.98. The molecule has 1 aromatic carbocycles. The molecule has 0 spiro atoms. The first-order chi connectivity index (χ1) is 9.00. The molecule has 3 N–H and O–H groups in total. The number of aliphatic imine (C=N–C) groups is 1. The molecule has 0 saturated carbocycles. The molecule has 0 saturated heterocycles. The smallest absolute Gasteiger partial charge is 0.189 e. The van der Waals surface area contributed by atoms with E-state index in [2.05, 4.69) is 10.3 Å². The summed E-state index contributed by atoms with van der Waals surface area (Å²) in [6.45, 7) is 0.615. The van der Waals surface area contributed by atoms with Gasteiger partial charge in [-0.25, -0.2) is 0 Å². The number of hydrogen-bond acceptors (Lipinski definition) is 5. The van der Waals surface area contributed by atoms with Gasteiger partial charge in [0.25, 0.3) is 0 Å². The van der Waals surface area contributed by atoms with Crippen LogP contribution in [0.4, 0.5) is 0 Å². The van der Waals surface area contributed by atoms with Gasteiger partial charge in [-0.2, -0.15) is 0 Å². The lowest BCUT2D eigenvalue weighted by molar-refractivity contribution is 0.549. The summed E-state index contributed by atoms with van der Waals surface area (Å²) >= 11 is 0. The molecular formula is C12H17N3O2S2. The molecule has 1 aliphatic rings. The van der Waals surface area contributed by atoms with Crippen molar-refractivity contribution in [1.29, 1.82) is 0 Å². The summed E-state index contributed by atoms with van der Waals surface area (Å²) in [4.78, 5) is 5.50. The van der Waals surface area contributed by atoms with E-state index in [-0.39, 0.29) is 6.04 Å². The predicted octanol–water partition coefficient (Wildman–Crippen LogP) is 0.511. The Morgan fingerprint density at radius 3 is 2.32 bits per heavy atom. The zero-order valence-electron chi connectivity index (χ0n) is 10.9. The average Bonchev–Trinajstić information content (AvgIpc) is 2.37.